The number of aryl methyl sites for hydroxylation is 2. The van der Waals surface area contributed by atoms with E-state index in [-0.39, 0.29) is 12.1 Å². The summed E-state index contributed by atoms with van der Waals surface area (Å²) in [6.07, 6.45) is 0.0963. The molecule has 3 rings (SSSR count). The zero-order chi connectivity index (χ0) is 26.7. The second-order valence-electron chi connectivity index (χ2n) is 8.44. The first kappa shape index (κ1) is 26.3. The lowest BCUT2D eigenvalue weighted by Gasteiger charge is -2.26. The number of non-ortho nitro benzene ring substituents is 1. The summed E-state index contributed by atoms with van der Waals surface area (Å²) in [6, 6.07) is 7.84. The van der Waals surface area contributed by atoms with Crippen LogP contribution in [0.2, 0.25) is 0 Å². The van der Waals surface area contributed by atoms with Crippen molar-refractivity contribution in [2.45, 2.75) is 60.5 Å². The summed E-state index contributed by atoms with van der Waals surface area (Å²) in [5, 5.41) is 18.0. The van der Waals surface area contributed by atoms with E-state index in [9.17, 15) is 24.5 Å². The minimum atomic E-state index is -0.651. The predicted octanol–water partition coefficient (Wildman–Crippen LogP) is 4.40. The molecule has 0 fully saturated rings. The molecule has 0 aliphatic rings. The van der Waals surface area contributed by atoms with E-state index >= 15 is 0 Å². The van der Waals surface area contributed by atoms with E-state index in [2.05, 4.69) is 9.72 Å². The molecule has 1 atom stereocenters. The summed E-state index contributed by atoms with van der Waals surface area (Å²) in [7, 11) is 0. The van der Waals surface area contributed by atoms with Crippen LogP contribution in [-0.4, -0.2) is 44.2 Å². The van der Waals surface area contributed by atoms with Crippen LogP contribution in [-0.2, 0) is 30.6 Å². The van der Waals surface area contributed by atoms with Crippen LogP contribution < -0.4 is 0 Å². The lowest BCUT2D eigenvalue weighted by atomic mass is 9.95. The average molecular weight is 497 g/mol. The van der Waals surface area contributed by atoms with E-state index in [1.54, 1.807) is 19.1 Å². The van der Waals surface area contributed by atoms with Crippen molar-refractivity contribution in [1.29, 1.82) is 0 Å². The summed E-state index contributed by atoms with van der Waals surface area (Å²) in [5.41, 5.74) is 3.46. The number of nitro groups is 1. The molecule has 1 amide bonds. The molecule has 0 saturated heterocycles. The number of aromatic nitrogens is 1. The fourth-order valence-corrected chi connectivity index (χ4v) is 4.40. The quantitative estimate of drug-likeness (QED) is 0.205. The maximum Gasteiger partial charge on any atom is 0.331 e. The zero-order valence-corrected chi connectivity index (χ0v) is 21.0. The summed E-state index contributed by atoms with van der Waals surface area (Å²) in [6.45, 7) is 9.85. The minimum Gasteiger partial charge on any atom is -0.341 e. The molecule has 11 heteroatoms. The maximum atomic E-state index is 12.1. The number of carbonyl (C=O) groups is 3. The number of carbonyl (C=O) groups excluding carboxylic acids is 3. The van der Waals surface area contributed by atoms with Gasteiger partial charge in [0.1, 0.15) is 0 Å². The van der Waals surface area contributed by atoms with Gasteiger partial charge in [-0.1, -0.05) is 11.2 Å². The van der Waals surface area contributed by atoms with Gasteiger partial charge in [0.15, 0.2) is 0 Å². The van der Waals surface area contributed by atoms with E-state index in [1.165, 1.54) is 26.8 Å². The number of hydrogen-bond donors (Lipinski definition) is 0. The summed E-state index contributed by atoms with van der Waals surface area (Å²) < 4.78 is 2.06. The Bertz CT molecular complexity index is 1410. The number of nitro benzene ring substituents is 1. The topological polar surface area (TPSA) is 133 Å². The van der Waals surface area contributed by atoms with Crippen LogP contribution >= 0.6 is 0 Å². The third-order valence-corrected chi connectivity index (χ3v) is 5.82. The molecule has 2 aromatic carbocycles. The zero-order valence-electron chi connectivity index (χ0n) is 21.0. The van der Waals surface area contributed by atoms with Crippen molar-refractivity contribution >= 4 is 51.1 Å². The fraction of sp³-hybridized carbons (Fsp3) is 0.360. The summed E-state index contributed by atoms with van der Waals surface area (Å²) >= 11 is 0. The SMILES string of the molecule is CCn1c2ccc([N+](=O)[O-])cc2c2c(C)c(C(CC(C)N(OC(C)=O)C(C)=O)=NOC(C)=O)ccc21. The van der Waals surface area contributed by atoms with Gasteiger partial charge < -0.3 is 14.2 Å². The molecule has 0 N–H and O–H groups in total. The van der Waals surface area contributed by atoms with Crippen molar-refractivity contribution in [2.75, 3.05) is 0 Å². The number of oxime groups is 1. The Balaban J connectivity index is 2.21. The van der Waals surface area contributed by atoms with E-state index in [0.717, 1.165) is 27.0 Å². The van der Waals surface area contributed by atoms with Crippen LogP contribution in [0.1, 0.15) is 52.2 Å². The molecule has 190 valence electrons. The molecule has 0 aliphatic heterocycles. The van der Waals surface area contributed by atoms with Crippen molar-refractivity contribution < 1.29 is 29.0 Å². The summed E-state index contributed by atoms with van der Waals surface area (Å²) in [4.78, 5) is 56.1. The molecule has 1 aromatic heterocycles. The molecule has 0 aliphatic carbocycles. The standard InChI is InChI=1S/C25H28N4O7/c1-7-27-23-10-8-19(29(33)34)13-21(23)25-15(3)20(9-11-24(25)27)22(26-35-17(5)31)12-14(2)28(16(4)30)36-18(6)32/h8-11,13-14H,7,12H2,1-6H3. The number of hydrogen-bond acceptors (Lipinski definition) is 8. The molecule has 0 radical (unpaired) electrons. The van der Waals surface area contributed by atoms with Crippen molar-refractivity contribution in [1.82, 2.24) is 9.63 Å². The third kappa shape index (κ3) is 5.19. The van der Waals surface area contributed by atoms with Gasteiger partial charge in [-0.25, -0.2) is 4.79 Å². The predicted molar refractivity (Wildman–Crippen MR) is 133 cm³/mol. The molecular formula is C25H28N4O7. The van der Waals surface area contributed by atoms with Gasteiger partial charge in [-0.05, 0) is 38.5 Å². The van der Waals surface area contributed by atoms with E-state index in [0.29, 0.717) is 23.2 Å². The number of nitrogens with zero attached hydrogens (tertiary/aromatic N) is 4. The second kappa shape index (κ2) is 10.5. The maximum absolute atomic E-state index is 12.1. The first-order chi connectivity index (χ1) is 17.0. The van der Waals surface area contributed by atoms with Gasteiger partial charge in [-0.3, -0.25) is 19.7 Å². The number of benzene rings is 2. The van der Waals surface area contributed by atoms with E-state index < -0.39 is 28.8 Å². The minimum absolute atomic E-state index is 0.0247. The van der Waals surface area contributed by atoms with Crippen molar-refractivity contribution in [3.63, 3.8) is 0 Å². The Morgan fingerprint density at radius 3 is 2.33 bits per heavy atom. The second-order valence-corrected chi connectivity index (χ2v) is 8.44. The molecule has 0 saturated carbocycles. The van der Waals surface area contributed by atoms with Gasteiger partial charge in [-0.15, -0.1) is 0 Å². The smallest absolute Gasteiger partial charge is 0.331 e. The van der Waals surface area contributed by atoms with Crippen LogP contribution in [0.3, 0.4) is 0 Å². The monoisotopic (exact) mass is 496 g/mol. The Morgan fingerprint density at radius 1 is 1.11 bits per heavy atom. The van der Waals surface area contributed by atoms with Crippen LogP contribution in [0.4, 0.5) is 5.69 Å². The van der Waals surface area contributed by atoms with Gasteiger partial charge in [0, 0.05) is 73.2 Å². The van der Waals surface area contributed by atoms with Gasteiger partial charge in [0.25, 0.3) is 11.6 Å². The highest BCUT2D eigenvalue weighted by molar-refractivity contribution is 6.14. The number of rotatable bonds is 7. The molecule has 0 spiro atoms. The Kier molecular flexibility index (Phi) is 7.71. The van der Waals surface area contributed by atoms with Gasteiger partial charge >= 0.3 is 11.9 Å². The number of fused-ring (bicyclic) bond motifs is 3. The molecule has 1 heterocycles. The highest BCUT2D eigenvalue weighted by atomic mass is 16.7. The largest absolute Gasteiger partial charge is 0.341 e. The Hall–Kier alpha value is -4.28. The first-order valence-corrected chi connectivity index (χ1v) is 11.4. The highest BCUT2D eigenvalue weighted by Gasteiger charge is 2.25. The molecule has 3 aromatic rings. The van der Waals surface area contributed by atoms with Gasteiger partial charge in [-0.2, -0.15) is 5.06 Å². The van der Waals surface area contributed by atoms with Gasteiger partial charge in [0.2, 0.25) is 0 Å². The van der Waals surface area contributed by atoms with Gasteiger partial charge in [0.05, 0.1) is 16.7 Å². The van der Waals surface area contributed by atoms with Crippen molar-refractivity contribution in [3.8, 4) is 0 Å². The summed E-state index contributed by atoms with van der Waals surface area (Å²) in [5.74, 6) is -1.75. The lowest BCUT2D eigenvalue weighted by Crippen LogP contribution is -2.39. The van der Waals surface area contributed by atoms with E-state index in [4.69, 9.17) is 9.68 Å². The molecule has 0 bridgehead atoms. The normalized spacial score (nSPS) is 12.4. The fourth-order valence-electron chi connectivity index (χ4n) is 4.40. The molecule has 36 heavy (non-hydrogen) atoms. The molecule has 1 unspecified atom stereocenters. The van der Waals surface area contributed by atoms with Crippen molar-refractivity contribution in [3.05, 3.63) is 51.6 Å². The van der Waals surface area contributed by atoms with Crippen LogP contribution in [0.15, 0.2) is 35.5 Å². The molecular weight excluding hydrogens is 468 g/mol. The third-order valence-electron chi connectivity index (χ3n) is 5.82. The Morgan fingerprint density at radius 2 is 1.78 bits per heavy atom. The van der Waals surface area contributed by atoms with E-state index in [1.807, 2.05) is 26.0 Å². The van der Waals surface area contributed by atoms with Crippen LogP contribution in [0.5, 0.6) is 0 Å². The van der Waals surface area contributed by atoms with Crippen LogP contribution in [0.25, 0.3) is 21.8 Å². The average Bonchev–Trinajstić information content (AvgIpc) is 3.13. The van der Waals surface area contributed by atoms with Crippen molar-refractivity contribution in [2.24, 2.45) is 5.16 Å². The van der Waals surface area contributed by atoms with Crippen LogP contribution in [0, 0.1) is 17.0 Å². The number of hydroxylamine groups is 2. The lowest BCUT2D eigenvalue weighted by molar-refractivity contribution is -0.384. The highest BCUT2D eigenvalue weighted by Crippen LogP contribution is 2.35. The number of amides is 1. The first-order valence-electron chi connectivity index (χ1n) is 11.4. The Labute approximate surface area is 207 Å². The molecule has 11 nitrogen and oxygen atoms in total.